The molecule has 2 heteroatoms. The Morgan fingerprint density at radius 3 is 3.00 bits per heavy atom. The minimum atomic E-state index is 0.877. The summed E-state index contributed by atoms with van der Waals surface area (Å²) in [5, 5.41) is 3.57. The molecular formula is C9H19NS. The highest BCUT2D eigenvalue weighted by atomic mass is 32.2. The van der Waals surface area contributed by atoms with E-state index in [-0.39, 0.29) is 0 Å². The third-order valence-electron chi connectivity index (χ3n) is 2.29. The van der Waals surface area contributed by atoms with E-state index in [1.165, 1.54) is 31.6 Å². The molecule has 0 bridgehead atoms. The molecule has 11 heavy (non-hydrogen) atoms. The zero-order valence-corrected chi connectivity index (χ0v) is 8.41. The molecule has 2 atom stereocenters. The molecule has 0 aromatic rings. The molecule has 1 aliphatic rings. The molecule has 2 unspecified atom stereocenters. The Labute approximate surface area is 74.3 Å². The molecule has 0 spiro atoms. The Bertz CT molecular complexity index is 106. The lowest BCUT2D eigenvalue weighted by Crippen LogP contribution is -2.20. The van der Waals surface area contributed by atoms with Crippen molar-refractivity contribution in [3.05, 3.63) is 0 Å². The third kappa shape index (κ3) is 3.48. The van der Waals surface area contributed by atoms with Crippen LogP contribution in [0.25, 0.3) is 0 Å². The van der Waals surface area contributed by atoms with Gasteiger partial charge in [0.1, 0.15) is 0 Å². The van der Waals surface area contributed by atoms with Crippen molar-refractivity contribution in [1.82, 2.24) is 5.32 Å². The van der Waals surface area contributed by atoms with E-state index in [2.05, 4.69) is 18.5 Å². The van der Waals surface area contributed by atoms with Crippen LogP contribution < -0.4 is 5.32 Å². The number of rotatable bonds is 6. The summed E-state index contributed by atoms with van der Waals surface area (Å²) in [4.78, 5) is 0. The highest BCUT2D eigenvalue weighted by molar-refractivity contribution is 7.98. The summed E-state index contributed by atoms with van der Waals surface area (Å²) < 4.78 is 0. The average Bonchev–Trinajstić information content (AvgIpc) is 2.70. The van der Waals surface area contributed by atoms with Crippen molar-refractivity contribution in [1.29, 1.82) is 0 Å². The van der Waals surface area contributed by atoms with E-state index in [1.807, 2.05) is 11.8 Å². The molecule has 1 fully saturated rings. The van der Waals surface area contributed by atoms with Crippen LogP contribution in [0.1, 0.15) is 26.2 Å². The molecule has 1 aliphatic carbocycles. The second kappa shape index (κ2) is 5.04. The number of thioether (sulfide) groups is 1. The second-order valence-electron chi connectivity index (χ2n) is 3.34. The molecular weight excluding hydrogens is 154 g/mol. The smallest absolute Gasteiger partial charge is 0.00994 e. The van der Waals surface area contributed by atoms with Gasteiger partial charge in [0.05, 0.1) is 0 Å². The van der Waals surface area contributed by atoms with E-state index in [0.717, 1.165) is 12.0 Å². The predicted octanol–water partition coefficient (Wildman–Crippen LogP) is 2.13. The fourth-order valence-electron chi connectivity index (χ4n) is 1.53. The Hall–Kier alpha value is 0.310. The van der Waals surface area contributed by atoms with Gasteiger partial charge in [0, 0.05) is 18.3 Å². The summed E-state index contributed by atoms with van der Waals surface area (Å²) in [5.41, 5.74) is 0. The van der Waals surface area contributed by atoms with Crippen LogP contribution in [-0.4, -0.2) is 24.6 Å². The maximum atomic E-state index is 3.57. The predicted molar refractivity (Wildman–Crippen MR) is 53.2 cm³/mol. The number of nitrogens with one attached hydrogen (secondary N) is 1. The van der Waals surface area contributed by atoms with E-state index in [9.17, 15) is 0 Å². The van der Waals surface area contributed by atoms with Crippen molar-refractivity contribution in [2.24, 2.45) is 5.92 Å². The molecule has 1 nitrogen and oxygen atoms in total. The van der Waals surface area contributed by atoms with Crippen molar-refractivity contribution in [3.63, 3.8) is 0 Å². The van der Waals surface area contributed by atoms with Crippen molar-refractivity contribution in [3.8, 4) is 0 Å². The normalized spacial score (nSPS) is 28.9. The van der Waals surface area contributed by atoms with E-state index in [4.69, 9.17) is 0 Å². The highest BCUT2D eigenvalue weighted by Crippen LogP contribution is 2.34. The van der Waals surface area contributed by atoms with Crippen LogP contribution in [0.5, 0.6) is 0 Å². The summed E-state index contributed by atoms with van der Waals surface area (Å²) in [6.07, 6.45) is 6.38. The van der Waals surface area contributed by atoms with Gasteiger partial charge in [0.25, 0.3) is 0 Å². The topological polar surface area (TPSA) is 12.0 Å². The lowest BCUT2D eigenvalue weighted by molar-refractivity contribution is 0.616. The maximum Gasteiger partial charge on any atom is 0.00994 e. The first-order chi connectivity index (χ1) is 5.38. The van der Waals surface area contributed by atoms with E-state index < -0.39 is 0 Å². The van der Waals surface area contributed by atoms with Crippen LogP contribution in [0.4, 0.5) is 0 Å². The van der Waals surface area contributed by atoms with Gasteiger partial charge in [0.2, 0.25) is 0 Å². The fraction of sp³-hybridized carbons (Fsp3) is 1.00. The Morgan fingerprint density at radius 1 is 1.55 bits per heavy atom. The molecule has 0 aromatic carbocycles. The van der Waals surface area contributed by atoms with Crippen LogP contribution in [0.2, 0.25) is 0 Å². The molecule has 0 radical (unpaired) electrons. The van der Waals surface area contributed by atoms with Gasteiger partial charge >= 0.3 is 0 Å². The van der Waals surface area contributed by atoms with Crippen LogP contribution in [-0.2, 0) is 0 Å². The van der Waals surface area contributed by atoms with Crippen molar-refractivity contribution in [2.75, 3.05) is 18.6 Å². The van der Waals surface area contributed by atoms with E-state index >= 15 is 0 Å². The summed E-state index contributed by atoms with van der Waals surface area (Å²) in [6, 6.07) is 0.877. The SMILES string of the molecule is CCCC1CC1NCCSC. The Morgan fingerprint density at radius 2 is 2.36 bits per heavy atom. The summed E-state index contributed by atoms with van der Waals surface area (Å²) in [7, 11) is 0. The second-order valence-corrected chi connectivity index (χ2v) is 4.32. The molecule has 0 aromatic heterocycles. The quantitative estimate of drug-likeness (QED) is 0.618. The van der Waals surface area contributed by atoms with Gasteiger partial charge in [0.15, 0.2) is 0 Å². The first kappa shape index (κ1) is 9.40. The van der Waals surface area contributed by atoms with Gasteiger partial charge in [-0.25, -0.2) is 0 Å². The van der Waals surface area contributed by atoms with Crippen molar-refractivity contribution >= 4 is 11.8 Å². The fourth-order valence-corrected chi connectivity index (χ4v) is 1.86. The van der Waals surface area contributed by atoms with Crippen molar-refractivity contribution in [2.45, 2.75) is 32.2 Å². The number of hydrogen-bond donors (Lipinski definition) is 1. The van der Waals surface area contributed by atoms with Crippen LogP contribution >= 0.6 is 11.8 Å². The number of hydrogen-bond acceptors (Lipinski definition) is 2. The average molecular weight is 173 g/mol. The maximum absolute atomic E-state index is 3.57. The molecule has 0 aliphatic heterocycles. The third-order valence-corrected chi connectivity index (χ3v) is 2.91. The van der Waals surface area contributed by atoms with Gasteiger partial charge < -0.3 is 5.32 Å². The summed E-state index contributed by atoms with van der Waals surface area (Å²) >= 11 is 1.92. The summed E-state index contributed by atoms with van der Waals surface area (Å²) in [6.45, 7) is 3.48. The molecule has 1 saturated carbocycles. The van der Waals surface area contributed by atoms with E-state index in [0.29, 0.717) is 0 Å². The van der Waals surface area contributed by atoms with Crippen LogP contribution in [0, 0.1) is 5.92 Å². The molecule has 0 heterocycles. The van der Waals surface area contributed by atoms with Gasteiger partial charge in [-0.2, -0.15) is 11.8 Å². The first-order valence-electron chi connectivity index (χ1n) is 4.60. The largest absolute Gasteiger partial charge is 0.313 e. The summed E-state index contributed by atoms with van der Waals surface area (Å²) in [5.74, 6) is 2.27. The molecule has 0 saturated heterocycles. The van der Waals surface area contributed by atoms with Gasteiger partial charge in [-0.05, 0) is 25.0 Å². The Balaban J connectivity index is 1.87. The highest BCUT2D eigenvalue weighted by Gasteiger charge is 2.34. The van der Waals surface area contributed by atoms with Gasteiger partial charge in [-0.1, -0.05) is 13.3 Å². The standard InChI is InChI=1S/C9H19NS/c1-3-4-8-7-9(8)10-5-6-11-2/h8-10H,3-7H2,1-2H3. The molecule has 1 rings (SSSR count). The van der Waals surface area contributed by atoms with Gasteiger partial charge in [-0.15, -0.1) is 0 Å². The van der Waals surface area contributed by atoms with Crippen LogP contribution in [0.15, 0.2) is 0 Å². The monoisotopic (exact) mass is 173 g/mol. The van der Waals surface area contributed by atoms with Crippen molar-refractivity contribution < 1.29 is 0 Å². The minimum absolute atomic E-state index is 0.877. The van der Waals surface area contributed by atoms with E-state index in [1.54, 1.807) is 0 Å². The molecule has 1 N–H and O–H groups in total. The Kier molecular flexibility index (Phi) is 4.31. The minimum Gasteiger partial charge on any atom is -0.313 e. The lowest BCUT2D eigenvalue weighted by Gasteiger charge is -2.00. The first-order valence-corrected chi connectivity index (χ1v) is 6.00. The zero-order valence-electron chi connectivity index (χ0n) is 7.60. The van der Waals surface area contributed by atoms with Gasteiger partial charge in [-0.3, -0.25) is 0 Å². The zero-order chi connectivity index (χ0) is 8.10. The molecule has 0 amide bonds. The lowest BCUT2D eigenvalue weighted by atomic mass is 10.2. The van der Waals surface area contributed by atoms with Crippen LogP contribution in [0.3, 0.4) is 0 Å². The molecule has 66 valence electrons.